The van der Waals surface area contributed by atoms with E-state index in [-0.39, 0.29) is 0 Å². The van der Waals surface area contributed by atoms with Crippen LogP contribution in [0.2, 0.25) is 0 Å². The molecule has 0 N–H and O–H groups in total. The van der Waals surface area contributed by atoms with Crippen LogP contribution in [0.5, 0.6) is 0 Å². The van der Waals surface area contributed by atoms with Crippen molar-refractivity contribution in [3.63, 3.8) is 0 Å². The van der Waals surface area contributed by atoms with Crippen molar-refractivity contribution >= 4 is 44.1 Å². The highest BCUT2D eigenvalue weighted by Gasteiger charge is 2.26. The molecule has 532 valence electrons. The molecule has 8 aromatic heterocycles. The van der Waals surface area contributed by atoms with Gasteiger partial charge in [0.05, 0.1) is 101 Å². The topological polar surface area (TPSA) is 151 Å². The van der Waals surface area contributed by atoms with Gasteiger partial charge in [-0.1, -0.05) is 93.8 Å². The van der Waals surface area contributed by atoms with Gasteiger partial charge in [0.2, 0.25) is 11.5 Å². The molecule has 0 fully saturated rings. The van der Waals surface area contributed by atoms with Crippen LogP contribution >= 0.6 is 0 Å². The molecule has 0 saturated heterocycles. The van der Waals surface area contributed by atoms with Crippen molar-refractivity contribution in [2.24, 2.45) is 56.4 Å². The SMILES string of the molecule is Cc1cc(C)c2nc(-c3cccc(-c4ccnc[n+]4C)c3C)n(C)c2c1.Cc1cc(C)c2nc(-c3cccc(-c4cncc[n+]4C)c3C)n(C)c2c1.Cc1cc(C)c2nc(-c3cccc(-c4nc(C)nc(C)[n+]4C)c3C)n(C)c2c1.Cc1cc(C)c2nc(-c3cccc(-c4nccc[n+]4C)c3C)n(C)c2c1. The Bertz CT molecular complexity index is 5700. The molecule has 0 aliphatic carbocycles. The molecule has 16 rings (SSSR count). The van der Waals surface area contributed by atoms with Crippen molar-refractivity contribution < 1.29 is 18.3 Å². The largest absolute Gasteiger partial charge is 0.330 e. The standard InChI is InChI=1S/C23H26N5.3C22H23N4/c1-13-11-14(2)21-20(12-13)28(7)23(26-21)19-10-8-9-18(15(19)3)22-25-16(4)24-17(5)27(22)6;1-14-12-15(2)20-19(13-14)26(5)22(24-20)18-9-6-8-17(16(18)3)21-23-10-7-11-25(21)4;1-14-11-15(2)21-19(12-14)26(5)22(24-21)18-8-6-7-17(16(18)3)20-13-23-9-10-25(20)4;1-14-11-15(2)21-20(12-14)26(5)22(24-21)18-8-6-7-17(16(18)3)19-9-10-23-13-25(19)4/h8-12H,1-7H3;3*6-13H,1-5H3/q4*+1. The summed E-state index contributed by atoms with van der Waals surface area (Å²) in [7, 11) is 16.5. The van der Waals surface area contributed by atoms with Gasteiger partial charge in [-0.3, -0.25) is 4.98 Å². The zero-order valence-corrected chi connectivity index (χ0v) is 65.3. The van der Waals surface area contributed by atoms with Crippen LogP contribution in [-0.4, -0.2) is 63.1 Å². The molecule has 17 nitrogen and oxygen atoms in total. The van der Waals surface area contributed by atoms with E-state index in [1.165, 1.54) is 94.4 Å². The quantitative estimate of drug-likeness (QED) is 0.135. The van der Waals surface area contributed by atoms with E-state index in [1.807, 2.05) is 90.0 Å². The highest BCUT2D eigenvalue weighted by Crippen LogP contribution is 2.38. The number of nitrogens with zero attached hydrogens (tertiary/aromatic N) is 17. The molecule has 0 atom stereocenters. The van der Waals surface area contributed by atoms with Gasteiger partial charge in [0.15, 0.2) is 6.20 Å². The van der Waals surface area contributed by atoms with E-state index in [0.717, 1.165) is 119 Å². The Balaban J connectivity index is 0.000000125. The Hall–Kier alpha value is -12.1. The van der Waals surface area contributed by atoms with Gasteiger partial charge in [-0.15, -0.1) is 0 Å². The fourth-order valence-electron chi connectivity index (χ4n) is 15.1. The van der Waals surface area contributed by atoms with E-state index in [1.54, 1.807) is 6.20 Å². The number of hydrogen-bond acceptors (Lipinski definition) is 9. The number of aryl methyl sites for hydroxylation is 17. The fraction of sp³-hybridized carbons (Fsp3) is 0.247. The summed E-state index contributed by atoms with van der Waals surface area (Å²) in [6.45, 7) is 29.6. The molecule has 0 amide bonds. The first-order chi connectivity index (χ1) is 50.7. The van der Waals surface area contributed by atoms with Crippen LogP contribution in [0.4, 0.5) is 0 Å². The van der Waals surface area contributed by atoms with Crippen LogP contribution in [0.15, 0.2) is 177 Å². The lowest BCUT2D eigenvalue weighted by Crippen LogP contribution is -2.37. The Morgan fingerprint density at radius 3 is 1.07 bits per heavy atom. The van der Waals surface area contributed by atoms with Gasteiger partial charge in [0, 0.05) is 82.0 Å². The third-order valence-electron chi connectivity index (χ3n) is 20.8. The summed E-state index contributed by atoms with van der Waals surface area (Å²) in [6.07, 6.45) is 13.2. The Morgan fingerprint density at radius 1 is 0.311 bits per heavy atom. The Morgan fingerprint density at radius 2 is 0.679 bits per heavy atom. The van der Waals surface area contributed by atoms with Crippen molar-refractivity contribution in [1.82, 2.24) is 63.1 Å². The summed E-state index contributed by atoms with van der Waals surface area (Å²) >= 11 is 0. The summed E-state index contributed by atoms with van der Waals surface area (Å²) < 4.78 is 17.0. The normalized spacial score (nSPS) is 11.3. The Labute approximate surface area is 621 Å². The van der Waals surface area contributed by atoms with Gasteiger partial charge in [-0.05, 0) is 197 Å². The Kier molecular flexibility index (Phi) is 19.9. The zero-order chi connectivity index (χ0) is 75.4. The van der Waals surface area contributed by atoms with Crippen molar-refractivity contribution in [2.45, 2.75) is 96.9 Å². The van der Waals surface area contributed by atoms with E-state index < -0.39 is 0 Å². The number of imidazole rings is 4. The van der Waals surface area contributed by atoms with Crippen molar-refractivity contribution in [3.05, 3.63) is 255 Å². The average Bonchev–Trinajstić information content (AvgIpc) is 1.61. The number of hydrogen-bond donors (Lipinski definition) is 0. The molecule has 0 saturated carbocycles. The van der Waals surface area contributed by atoms with Gasteiger partial charge in [-0.2, -0.15) is 4.57 Å². The molecule has 106 heavy (non-hydrogen) atoms. The molecule has 0 unspecified atom stereocenters. The molecular formula is C89H95N17+4. The van der Waals surface area contributed by atoms with Crippen LogP contribution in [0.25, 0.3) is 135 Å². The predicted molar refractivity (Wildman–Crippen MR) is 426 cm³/mol. The highest BCUT2D eigenvalue weighted by molar-refractivity contribution is 5.90. The van der Waals surface area contributed by atoms with E-state index in [9.17, 15) is 0 Å². The minimum atomic E-state index is 0.782. The van der Waals surface area contributed by atoms with Crippen LogP contribution < -0.4 is 18.3 Å². The van der Waals surface area contributed by atoms with E-state index in [4.69, 9.17) is 24.9 Å². The number of fused-ring (bicyclic) bond motifs is 4. The second-order valence-corrected chi connectivity index (χ2v) is 28.6. The predicted octanol–water partition coefficient (Wildman–Crippen LogP) is 16.2. The molecule has 0 spiro atoms. The van der Waals surface area contributed by atoms with Crippen molar-refractivity contribution in [3.8, 4) is 90.8 Å². The zero-order valence-electron chi connectivity index (χ0n) is 65.3. The van der Waals surface area contributed by atoms with Gasteiger partial charge in [0.1, 0.15) is 48.4 Å². The summed E-state index contributed by atoms with van der Waals surface area (Å²) in [5.41, 5.74) is 35.1. The number of rotatable bonds is 8. The molecular weight excluding hydrogens is 1310 g/mol. The van der Waals surface area contributed by atoms with E-state index in [2.05, 4.69) is 291 Å². The van der Waals surface area contributed by atoms with Crippen LogP contribution in [0.3, 0.4) is 0 Å². The van der Waals surface area contributed by atoms with Gasteiger partial charge < -0.3 is 18.3 Å². The summed E-state index contributed by atoms with van der Waals surface area (Å²) in [4.78, 5) is 42.2. The van der Waals surface area contributed by atoms with Crippen molar-refractivity contribution in [1.29, 1.82) is 0 Å². The monoisotopic (exact) mass is 1400 g/mol. The highest BCUT2D eigenvalue weighted by atomic mass is 15.1. The average molecular weight is 1400 g/mol. The summed E-state index contributed by atoms with van der Waals surface area (Å²) in [5.74, 6) is 7.59. The smallest absolute Gasteiger partial charge is 0.327 e. The van der Waals surface area contributed by atoms with Gasteiger partial charge in [-0.25, -0.2) is 33.6 Å². The van der Waals surface area contributed by atoms with E-state index >= 15 is 0 Å². The minimum absolute atomic E-state index is 0.782. The third kappa shape index (κ3) is 13.5. The first kappa shape index (κ1) is 72.3. The second kappa shape index (κ2) is 29.2. The molecule has 8 heterocycles. The summed E-state index contributed by atoms with van der Waals surface area (Å²) in [5, 5.41) is 0. The third-order valence-corrected chi connectivity index (χ3v) is 20.8. The minimum Gasteiger partial charge on any atom is -0.327 e. The number of aromatic nitrogens is 17. The summed E-state index contributed by atoms with van der Waals surface area (Å²) in [6, 6.07) is 47.1. The van der Waals surface area contributed by atoms with Crippen LogP contribution in [-0.2, 0) is 56.4 Å². The molecule has 0 radical (unpaired) electrons. The first-order valence-electron chi connectivity index (χ1n) is 36.0. The lowest BCUT2D eigenvalue weighted by molar-refractivity contribution is -0.672. The van der Waals surface area contributed by atoms with Crippen molar-refractivity contribution in [2.75, 3.05) is 0 Å². The first-order valence-corrected chi connectivity index (χ1v) is 36.0. The lowest BCUT2D eigenvalue weighted by atomic mass is 9.99. The molecule has 0 aliphatic rings. The maximum Gasteiger partial charge on any atom is 0.330 e. The van der Waals surface area contributed by atoms with Gasteiger partial charge >= 0.3 is 5.82 Å². The fourth-order valence-corrected chi connectivity index (χ4v) is 15.1. The second-order valence-electron chi connectivity index (χ2n) is 28.6. The maximum absolute atomic E-state index is 5.00. The van der Waals surface area contributed by atoms with Gasteiger partial charge in [0.25, 0.3) is 18.0 Å². The molecule has 0 aliphatic heterocycles. The molecule has 17 heteroatoms. The lowest BCUT2D eigenvalue weighted by Gasteiger charge is -2.11. The molecule has 16 aromatic rings. The maximum atomic E-state index is 5.00. The van der Waals surface area contributed by atoms with Crippen LogP contribution in [0.1, 0.15) is 78.4 Å². The molecule has 8 aromatic carbocycles. The van der Waals surface area contributed by atoms with E-state index in [0.29, 0.717) is 0 Å². The molecule has 0 bridgehead atoms. The van der Waals surface area contributed by atoms with Crippen LogP contribution in [0, 0.1) is 96.9 Å². The number of benzene rings is 8.